The molecule has 84 valence electrons. The topological polar surface area (TPSA) is 76.2 Å². The zero-order chi connectivity index (χ0) is 12.1. The molecule has 0 aromatic heterocycles. The quantitative estimate of drug-likeness (QED) is 0.487. The van der Waals surface area contributed by atoms with Gasteiger partial charge in [-0.05, 0) is 22.0 Å². The number of ether oxygens (including phenoxy) is 1. The van der Waals surface area contributed by atoms with Gasteiger partial charge in [0.1, 0.15) is 12.4 Å². The number of nitro benzene ring substituents is 1. The maximum atomic E-state index is 10.5. The zero-order valence-corrected chi connectivity index (χ0v) is 10.2. The minimum Gasteiger partial charge on any atom is -0.489 e. The van der Waals surface area contributed by atoms with Gasteiger partial charge in [0.05, 0.1) is 21.5 Å². The van der Waals surface area contributed by atoms with Crippen LogP contribution in [0.2, 0.25) is 0 Å². The van der Waals surface area contributed by atoms with Gasteiger partial charge in [0.15, 0.2) is 5.38 Å². The molecule has 0 aliphatic heterocycles. The highest BCUT2D eigenvalue weighted by atomic mass is 79.9. The summed E-state index contributed by atoms with van der Waals surface area (Å²) in [6.45, 7) is -0.0299. The smallest absolute Gasteiger partial charge is 0.273 e. The number of alkyl halides is 1. The van der Waals surface area contributed by atoms with E-state index in [1.54, 1.807) is 6.07 Å². The van der Waals surface area contributed by atoms with Crippen LogP contribution in [-0.2, 0) is 0 Å². The number of nitro groups is 1. The molecule has 0 heterocycles. The fourth-order valence-corrected chi connectivity index (χ4v) is 1.34. The summed E-state index contributed by atoms with van der Waals surface area (Å²) in [7, 11) is 0. The average molecular weight is 306 g/mol. The molecule has 16 heavy (non-hydrogen) atoms. The second-order valence-electron chi connectivity index (χ2n) is 2.78. The lowest BCUT2D eigenvalue weighted by Gasteiger charge is -2.07. The van der Waals surface area contributed by atoms with Gasteiger partial charge in [-0.2, -0.15) is 5.26 Å². The van der Waals surface area contributed by atoms with Gasteiger partial charge in [0.25, 0.3) is 5.69 Å². The number of hydrogen-bond donors (Lipinski definition) is 0. The van der Waals surface area contributed by atoms with E-state index in [0.29, 0.717) is 4.47 Å². The predicted octanol–water partition coefficient (Wildman–Crippen LogP) is 2.87. The van der Waals surface area contributed by atoms with Crippen LogP contribution in [0.15, 0.2) is 22.7 Å². The first-order valence-corrected chi connectivity index (χ1v) is 5.38. The van der Waals surface area contributed by atoms with Crippen LogP contribution in [0.1, 0.15) is 0 Å². The van der Waals surface area contributed by atoms with Crippen molar-refractivity contribution in [3.8, 4) is 11.8 Å². The Morgan fingerprint density at radius 1 is 1.69 bits per heavy atom. The summed E-state index contributed by atoms with van der Waals surface area (Å²) in [6.07, 6.45) is 0. The largest absolute Gasteiger partial charge is 0.489 e. The average Bonchev–Trinajstić information content (AvgIpc) is 2.27. The second-order valence-corrected chi connectivity index (χ2v) is 4.16. The van der Waals surface area contributed by atoms with Crippen molar-refractivity contribution in [3.63, 3.8) is 0 Å². The fourth-order valence-electron chi connectivity index (χ4n) is 0.916. The molecule has 0 saturated carbocycles. The van der Waals surface area contributed by atoms with Gasteiger partial charge >= 0.3 is 0 Å². The molecule has 0 radical (unpaired) electrons. The van der Waals surface area contributed by atoms with E-state index in [1.165, 1.54) is 18.2 Å². The molecule has 0 bridgehead atoms. The third-order valence-corrected chi connectivity index (χ3v) is 2.53. The van der Waals surface area contributed by atoms with Crippen molar-refractivity contribution < 1.29 is 9.66 Å². The van der Waals surface area contributed by atoms with Gasteiger partial charge in [-0.1, -0.05) is 0 Å². The Bertz CT molecular complexity index is 447. The summed E-state index contributed by atoms with van der Waals surface area (Å²) in [6, 6.07) is 5.90. The Kier molecular flexibility index (Phi) is 4.52. The van der Waals surface area contributed by atoms with Crippen LogP contribution >= 0.6 is 27.5 Å². The molecule has 1 aromatic carbocycles. The molecule has 0 fully saturated rings. The van der Waals surface area contributed by atoms with Gasteiger partial charge in [0.2, 0.25) is 0 Å². The molecule has 0 saturated heterocycles. The first-order valence-electron chi connectivity index (χ1n) is 4.15. The number of benzene rings is 1. The summed E-state index contributed by atoms with van der Waals surface area (Å²) < 4.78 is 5.74. The van der Waals surface area contributed by atoms with E-state index in [1.807, 2.05) is 0 Å². The van der Waals surface area contributed by atoms with E-state index in [0.717, 1.165) is 0 Å². The Balaban J connectivity index is 2.83. The predicted molar refractivity (Wildman–Crippen MR) is 61.5 cm³/mol. The van der Waals surface area contributed by atoms with E-state index in [9.17, 15) is 10.1 Å². The number of nitriles is 1. The first kappa shape index (κ1) is 12.7. The van der Waals surface area contributed by atoms with Crippen LogP contribution in [0.4, 0.5) is 5.69 Å². The van der Waals surface area contributed by atoms with Gasteiger partial charge in [-0.25, -0.2) is 0 Å². The number of non-ortho nitro benzene ring substituents is 1. The normalized spacial score (nSPS) is 11.6. The molecule has 0 aliphatic carbocycles. The number of hydrogen-bond acceptors (Lipinski definition) is 4. The van der Waals surface area contributed by atoms with Crippen LogP contribution < -0.4 is 4.74 Å². The highest BCUT2D eigenvalue weighted by Crippen LogP contribution is 2.29. The molecule has 1 aromatic rings. The minimum absolute atomic E-state index is 0.0299. The van der Waals surface area contributed by atoms with Crippen LogP contribution in [0.5, 0.6) is 5.75 Å². The molecular weight excluding hydrogens is 299 g/mol. The fraction of sp³-hybridized carbons (Fsp3) is 0.222. The van der Waals surface area contributed by atoms with E-state index >= 15 is 0 Å². The Hall–Kier alpha value is -1.32. The number of nitrogens with zero attached hydrogens (tertiary/aromatic N) is 2. The molecule has 0 spiro atoms. The molecule has 1 unspecified atom stereocenters. The molecular formula is C9H6BrClN2O3. The van der Waals surface area contributed by atoms with Gasteiger partial charge in [-0.15, -0.1) is 11.6 Å². The van der Waals surface area contributed by atoms with Crippen molar-refractivity contribution in [1.82, 2.24) is 0 Å². The summed E-state index contributed by atoms with van der Waals surface area (Å²) in [5.74, 6) is 0.287. The summed E-state index contributed by atoms with van der Waals surface area (Å²) in [5, 5.41) is 18.2. The van der Waals surface area contributed by atoms with Gasteiger partial charge in [-0.3, -0.25) is 10.1 Å². The number of halogens is 2. The zero-order valence-electron chi connectivity index (χ0n) is 7.89. The van der Waals surface area contributed by atoms with E-state index in [4.69, 9.17) is 21.6 Å². The maximum absolute atomic E-state index is 10.5. The van der Waals surface area contributed by atoms with Crippen molar-refractivity contribution >= 4 is 33.2 Å². The molecule has 0 aliphatic rings. The van der Waals surface area contributed by atoms with Crippen LogP contribution in [0, 0.1) is 21.4 Å². The standard InChI is InChI=1S/C9H6BrClN2O3/c10-8-2-1-7(13(14)15)3-9(8)16-5-6(11)4-12/h1-3,6H,5H2. The molecule has 5 nitrogen and oxygen atoms in total. The maximum Gasteiger partial charge on any atom is 0.273 e. The summed E-state index contributed by atoms with van der Waals surface area (Å²) in [5.41, 5.74) is -0.0821. The SMILES string of the molecule is N#CC(Cl)COc1cc([N+](=O)[O-])ccc1Br. The van der Waals surface area contributed by atoms with Crippen LogP contribution in [0.3, 0.4) is 0 Å². The lowest BCUT2D eigenvalue weighted by molar-refractivity contribution is -0.385. The van der Waals surface area contributed by atoms with E-state index < -0.39 is 10.3 Å². The lowest BCUT2D eigenvalue weighted by Crippen LogP contribution is -2.09. The summed E-state index contributed by atoms with van der Waals surface area (Å²) >= 11 is 8.71. The van der Waals surface area contributed by atoms with E-state index in [-0.39, 0.29) is 18.0 Å². The first-order chi connectivity index (χ1) is 7.54. The van der Waals surface area contributed by atoms with Crippen molar-refractivity contribution in [1.29, 1.82) is 5.26 Å². The van der Waals surface area contributed by atoms with Crippen LogP contribution in [-0.4, -0.2) is 16.9 Å². The second kappa shape index (κ2) is 5.68. The molecule has 1 atom stereocenters. The Labute approximate surface area is 105 Å². The highest BCUT2D eigenvalue weighted by molar-refractivity contribution is 9.10. The van der Waals surface area contributed by atoms with Crippen LogP contribution in [0.25, 0.3) is 0 Å². The van der Waals surface area contributed by atoms with Crippen molar-refractivity contribution in [2.45, 2.75) is 5.38 Å². The third kappa shape index (κ3) is 3.36. The van der Waals surface area contributed by atoms with E-state index in [2.05, 4.69) is 15.9 Å². The Morgan fingerprint density at radius 2 is 2.38 bits per heavy atom. The summed E-state index contributed by atoms with van der Waals surface area (Å²) in [4.78, 5) is 9.99. The molecule has 0 amide bonds. The molecule has 0 N–H and O–H groups in total. The minimum atomic E-state index is -0.786. The lowest BCUT2D eigenvalue weighted by atomic mass is 10.3. The molecule has 1 rings (SSSR count). The molecule has 7 heteroatoms. The van der Waals surface area contributed by atoms with Gasteiger partial charge in [0, 0.05) is 6.07 Å². The van der Waals surface area contributed by atoms with Crippen molar-refractivity contribution in [3.05, 3.63) is 32.8 Å². The van der Waals surface area contributed by atoms with Crippen molar-refractivity contribution in [2.24, 2.45) is 0 Å². The highest BCUT2D eigenvalue weighted by Gasteiger charge is 2.11. The Morgan fingerprint density at radius 3 is 2.94 bits per heavy atom. The monoisotopic (exact) mass is 304 g/mol. The number of rotatable bonds is 4. The van der Waals surface area contributed by atoms with Crippen molar-refractivity contribution in [2.75, 3.05) is 6.61 Å². The third-order valence-electron chi connectivity index (χ3n) is 1.65. The van der Waals surface area contributed by atoms with Gasteiger partial charge < -0.3 is 4.74 Å².